The third kappa shape index (κ3) is 9.91. The summed E-state index contributed by atoms with van der Waals surface area (Å²) >= 11 is 0. The topological polar surface area (TPSA) is 139 Å². The largest absolute Gasteiger partial charge is 0.461 e. The first kappa shape index (κ1) is 30.5. The van der Waals surface area contributed by atoms with Crippen LogP contribution in [0, 0.1) is 42.9 Å². The molecule has 0 fully saturated rings. The van der Waals surface area contributed by atoms with Gasteiger partial charge in [0.2, 0.25) is 0 Å². The number of ether oxygens (including phenoxy) is 2. The number of carbonyl (C=O) groups is 2. The van der Waals surface area contributed by atoms with E-state index in [4.69, 9.17) is 9.47 Å². The molecule has 0 spiro atoms. The molecule has 10 nitrogen and oxygen atoms in total. The number of benzene rings is 2. The highest BCUT2D eigenvalue weighted by molar-refractivity contribution is 5.90. The number of hydrogen-bond donors (Lipinski definition) is 0. The monoisotopic (exact) mass is 534 g/mol. The second-order valence-electron chi connectivity index (χ2n) is 9.95. The minimum Gasteiger partial charge on any atom is -0.461 e. The summed E-state index contributed by atoms with van der Waals surface area (Å²) in [7, 11) is 0. The Bertz CT molecular complexity index is 1250. The third-order valence-electron chi connectivity index (χ3n) is 5.46. The molecule has 0 radical (unpaired) electrons. The molecule has 0 heterocycles. The van der Waals surface area contributed by atoms with Gasteiger partial charge in [-0.3, -0.25) is 20.2 Å². The average Bonchev–Trinajstić information content (AvgIpc) is 2.90. The van der Waals surface area contributed by atoms with Crippen LogP contribution < -0.4 is 0 Å². The summed E-state index contributed by atoms with van der Waals surface area (Å²) in [6.45, 7) is 7.37. The first-order valence-corrected chi connectivity index (χ1v) is 12.0. The standard InChI is InChI=1S/C29H30N2O8/c1-5-6-18-29(19-8-7-17-28(2,3)4,20-38-26(32)22-9-13-24(14-10-22)30(34)35)21-39-27(33)23-11-15-25(16-12-23)31(36)37/h8-17H,18-21H2,1-4H3. The van der Waals surface area contributed by atoms with Gasteiger partial charge in [0.15, 0.2) is 0 Å². The van der Waals surface area contributed by atoms with Gasteiger partial charge in [0.1, 0.15) is 13.2 Å². The van der Waals surface area contributed by atoms with Crippen molar-refractivity contribution in [1.29, 1.82) is 0 Å². The molecule has 2 aromatic carbocycles. The van der Waals surface area contributed by atoms with Gasteiger partial charge >= 0.3 is 11.9 Å². The van der Waals surface area contributed by atoms with Gasteiger partial charge in [0.05, 0.1) is 26.4 Å². The molecule has 0 N–H and O–H groups in total. The molecule has 0 atom stereocenters. The fourth-order valence-electron chi connectivity index (χ4n) is 3.24. The zero-order chi connectivity index (χ0) is 29.1. The normalized spacial score (nSPS) is 10.8. The maximum absolute atomic E-state index is 12.7. The number of nitrogens with zero attached hydrogens (tertiary/aromatic N) is 2. The molecule has 0 aliphatic rings. The van der Waals surface area contributed by atoms with Crippen molar-refractivity contribution in [1.82, 2.24) is 0 Å². The SMILES string of the molecule is CC#CCC(CC=C=CC(C)(C)C)(COC(=O)c1ccc([N+](=O)[O-])cc1)COC(=O)c1ccc([N+](=O)[O-])cc1. The molecule has 0 saturated heterocycles. The van der Waals surface area contributed by atoms with Gasteiger partial charge in [-0.05, 0) is 55.2 Å². The van der Waals surface area contributed by atoms with Gasteiger partial charge in [0, 0.05) is 30.7 Å². The Morgan fingerprint density at radius 2 is 1.28 bits per heavy atom. The lowest BCUT2D eigenvalue weighted by Gasteiger charge is -2.30. The number of esters is 2. The second-order valence-corrected chi connectivity index (χ2v) is 9.95. The van der Waals surface area contributed by atoms with E-state index < -0.39 is 27.2 Å². The van der Waals surface area contributed by atoms with E-state index in [0.717, 1.165) is 0 Å². The minimum atomic E-state index is -0.936. The molecule has 0 amide bonds. The van der Waals surface area contributed by atoms with Crippen LogP contribution in [0.3, 0.4) is 0 Å². The van der Waals surface area contributed by atoms with Crippen LogP contribution in [-0.2, 0) is 9.47 Å². The van der Waals surface area contributed by atoms with Crippen LogP contribution in [0.2, 0.25) is 0 Å². The van der Waals surface area contributed by atoms with Gasteiger partial charge < -0.3 is 9.47 Å². The summed E-state index contributed by atoms with van der Waals surface area (Å²) in [5, 5.41) is 21.8. The molecule has 39 heavy (non-hydrogen) atoms. The van der Waals surface area contributed by atoms with Gasteiger partial charge in [-0.15, -0.1) is 17.6 Å². The summed E-state index contributed by atoms with van der Waals surface area (Å²) in [5.41, 5.74) is 2.00. The lowest BCUT2D eigenvalue weighted by molar-refractivity contribution is -0.385. The smallest absolute Gasteiger partial charge is 0.338 e. The molecule has 0 aliphatic heterocycles. The summed E-state index contributed by atoms with van der Waals surface area (Å²) < 4.78 is 11.1. The molecule has 0 bridgehead atoms. The number of hydrogen-bond acceptors (Lipinski definition) is 8. The van der Waals surface area contributed by atoms with Crippen LogP contribution in [0.15, 0.2) is 66.4 Å². The van der Waals surface area contributed by atoms with Crippen molar-refractivity contribution >= 4 is 23.3 Å². The van der Waals surface area contributed by atoms with Gasteiger partial charge in [-0.2, -0.15) is 0 Å². The summed E-state index contributed by atoms with van der Waals surface area (Å²) in [4.78, 5) is 46.1. The van der Waals surface area contributed by atoms with Crippen molar-refractivity contribution in [2.45, 2.75) is 40.5 Å². The second kappa shape index (κ2) is 13.7. The van der Waals surface area contributed by atoms with Crippen LogP contribution in [-0.4, -0.2) is 35.0 Å². The molecule has 0 aromatic heterocycles. The van der Waals surface area contributed by atoms with Crippen LogP contribution >= 0.6 is 0 Å². The molecular formula is C29H30N2O8. The molecule has 0 unspecified atom stereocenters. The Hall–Kier alpha value is -4.74. The predicted molar refractivity (Wildman–Crippen MR) is 144 cm³/mol. The zero-order valence-electron chi connectivity index (χ0n) is 22.3. The molecule has 204 valence electrons. The summed E-state index contributed by atoms with van der Waals surface area (Å²) in [6.07, 6.45) is 4.17. The summed E-state index contributed by atoms with van der Waals surface area (Å²) in [6, 6.07) is 10.0. The zero-order valence-corrected chi connectivity index (χ0v) is 22.3. The van der Waals surface area contributed by atoms with E-state index >= 15 is 0 Å². The van der Waals surface area contributed by atoms with Crippen molar-refractivity contribution in [3.63, 3.8) is 0 Å². The lowest BCUT2D eigenvalue weighted by atomic mass is 9.82. The fraction of sp³-hybridized carbons (Fsp3) is 0.345. The highest BCUT2D eigenvalue weighted by Gasteiger charge is 2.33. The quantitative estimate of drug-likeness (QED) is 0.111. The van der Waals surface area contributed by atoms with Crippen LogP contribution in [0.25, 0.3) is 0 Å². The van der Waals surface area contributed by atoms with E-state index in [-0.39, 0.29) is 47.6 Å². The number of nitro groups is 2. The first-order chi connectivity index (χ1) is 18.4. The minimum absolute atomic E-state index is 0.118. The van der Waals surface area contributed by atoms with E-state index in [0.29, 0.717) is 6.42 Å². The maximum Gasteiger partial charge on any atom is 0.338 e. The highest BCUT2D eigenvalue weighted by atomic mass is 16.6. The third-order valence-corrected chi connectivity index (χ3v) is 5.46. The molecule has 0 aliphatic carbocycles. The fourth-order valence-corrected chi connectivity index (χ4v) is 3.24. The van der Waals surface area contributed by atoms with Crippen LogP contribution in [0.4, 0.5) is 11.4 Å². The van der Waals surface area contributed by atoms with E-state index in [1.165, 1.54) is 48.5 Å². The molecule has 10 heteroatoms. The first-order valence-electron chi connectivity index (χ1n) is 12.0. The van der Waals surface area contributed by atoms with Crippen molar-refractivity contribution in [3.05, 3.63) is 97.8 Å². The van der Waals surface area contributed by atoms with Crippen LogP contribution in [0.5, 0.6) is 0 Å². The molecule has 2 aromatic rings. The Balaban J connectivity index is 2.29. The van der Waals surface area contributed by atoms with Crippen molar-refractivity contribution in [2.75, 3.05) is 13.2 Å². The Morgan fingerprint density at radius 1 is 0.846 bits per heavy atom. The van der Waals surface area contributed by atoms with Crippen molar-refractivity contribution in [2.24, 2.45) is 10.8 Å². The molecule has 0 saturated carbocycles. The lowest BCUT2D eigenvalue weighted by Crippen LogP contribution is -2.34. The number of allylic oxidation sites excluding steroid dienone is 1. The van der Waals surface area contributed by atoms with E-state index in [1.807, 2.05) is 26.8 Å². The number of nitro benzene ring substituents is 2. The summed E-state index contributed by atoms with van der Waals surface area (Å²) in [5.74, 6) is 4.38. The Morgan fingerprint density at radius 3 is 1.64 bits per heavy atom. The van der Waals surface area contributed by atoms with Crippen molar-refractivity contribution < 1.29 is 28.9 Å². The van der Waals surface area contributed by atoms with E-state index in [2.05, 4.69) is 17.6 Å². The van der Waals surface area contributed by atoms with Gasteiger partial charge in [-0.1, -0.05) is 20.8 Å². The van der Waals surface area contributed by atoms with E-state index in [9.17, 15) is 29.8 Å². The highest BCUT2D eigenvalue weighted by Crippen LogP contribution is 2.30. The molecular weight excluding hydrogens is 504 g/mol. The van der Waals surface area contributed by atoms with Gasteiger partial charge in [-0.25, -0.2) is 9.59 Å². The number of non-ortho nitro benzene ring substituents is 2. The molecule has 2 rings (SSSR count). The van der Waals surface area contributed by atoms with Gasteiger partial charge in [0.25, 0.3) is 11.4 Å². The van der Waals surface area contributed by atoms with E-state index in [1.54, 1.807) is 13.0 Å². The average molecular weight is 535 g/mol. The number of rotatable bonds is 11. The predicted octanol–water partition coefficient (Wildman–Crippen LogP) is 6.06. The number of carbonyl (C=O) groups excluding carboxylic acids is 2. The maximum atomic E-state index is 12.7. The van der Waals surface area contributed by atoms with Crippen LogP contribution in [0.1, 0.15) is 61.3 Å². The Kier molecular flexibility index (Phi) is 10.7. The van der Waals surface area contributed by atoms with Crippen molar-refractivity contribution in [3.8, 4) is 11.8 Å². The Labute approximate surface area is 226 Å².